The summed E-state index contributed by atoms with van der Waals surface area (Å²) in [6, 6.07) is 21.7. The second kappa shape index (κ2) is 8.94. The molecule has 2 heterocycles. The van der Waals surface area contributed by atoms with E-state index in [2.05, 4.69) is 0 Å². The average molecular weight is 456 g/mol. The lowest BCUT2D eigenvalue weighted by Crippen LogP contribution is -2.50. The Kier molecular flexibility index (Phi) is 5.67. The molecule has 1 aliphatic rings. The minimum absolute atomic E-state index is 0.0452. The van der Waals surface area contributed by atoms with Crippen LogP contribution in [0.2, 0.25) is 0 Å². The smallest absolute Gasteiger partial charge is 0.290 e. The van der Waals surface area contributed by atoms with Gasteiger partial charge in [0.05, 0.1) is 12.7 Å². The van der Waals surface area contributed by atoms with Gasteiger partial charge >= 0.3 is 0 Å². The molecule has 7 heteroatoms. The van der Waals surface area contributed by atoms with Crippen LogP contribution in [0.25, 0.3) is 22.1 Å². The minimum Gasteiger partial charge on any atom is -0.507 e. The Hall–Kier alpha value is -4.26. The molecule has 0 bridgehead atoms. The summed E-state index contributed by atoms with van der Waals surface area (Å²) in [7, 11) is 1.59. The normalized spacial score (nSPS) is 13.8. The molecule has 1 fully saturated rings. The van der Waals surface area contributed by atoms with Crippen LogP contribution in [0.3, 0.4) is 0 Å². The van der Waals surface area contributed by atoms with Crippen LogP contribution in [0.5, 0.6) is 11.5 Å². The van der Waals surface area contributed by atoms with Gasteiger partial charge in [-0.1, -0.05) is 42.5 Å². The van der Waals surface area contributed by atoms with Gasteiger partial charge in [0.15, 0.2) is 0 Å². The summed E-state index contributed by atoms with van der Waals surface area (Å²) in [5.41, 5.74) is 2.48. The number of amides is 2. The summed E-state index contributed by atoms with van der Waals surface area (Å²) >= 11 is 0. The van der Waals surface area contributed by atoms with Gasteiger partial charge in [-0.2, -0.15) is 0 Å². The lowest BCUT2D eigenvalue weighted by atomic mass is 10.0. The van der Waals surface area contributed by atoms with Crippen molar-refractivity contribution in [1.29, 1.82) is 0 Å². The SMILES string of the molecule is COc1ccc2c(-c3ccccc3)c(C(=O)N3CCN(C(=O)c4ccccc4O)CC3)oc2c1. The van der Waals surface area contributed by atoms with Crippen molar-refractivity contribution >= 4 is 22.8 Å². The standard InChI is InChI=1S/C27H24N2O5/c1-33-19-11-12-21-23(17-19)34-25(24(21)18-7-3-2-4-8-18)27(32)29-15-13-28(14-16-29)26(31)20-9-5-6-10-22(20)30/h2-12,17,30H,13-16H2,1H3. The van der Waals surface area contributed by atoms with Crippen molar-refractivity contribution in [3.05, 3.63) is 84.1 Å². The van der Waals surface area contributed by atoms with Gasteiger partial charge in [0.25, 0.3) is 11.8 Å². The predicted molar refractivity (Wildman–Crippen MR) is 128 cm³/mol. The zero-order chi connectivity index (χ0) is 23.7. The van der Waals surface area contributed by atoms with Gasteiger partial charge < -0.3 is 24.1 Å². The molecule has 0 saturated carbocycles. The van der Waals surface area contributed by atoms with Crippen LogP contribution in [-0.2, 0) is 0 Å². The van der Waals surface area contributed by atoms with Gasteiger partial charge in [0.1, 0.15) is 17.1 Å². The van der Waals surface area contributed by atoms with Crippen LogP contribution < -0.4 is 4.74 Å². The molecule has 0 unspecified atom stereocenters. The van der Waals surface area contributed by atoms with E-state index < -0.39 is 0 Å². The third kappa shape index (κ3) is 3.85. The van der Waals surface area contributed by atoms with Gasteiger partial charge in [0.2, 0.25) is 5.76 Å². The molecular formula is C27H24N2O5. The molecule has 4 aromatic rings. The largest absolute Gasteiger partial charge is 0.507 e. The molecule has 7 nitrogen and oxygen atoms in total. The van der Waals surface area contributed by atoms with E-state index in [1.807, 2.05) is 42.5 Å². The van der Waals surface area contributed by atoms with Crippen LogP contribution in [0.4, 0.5) is 0 Å². The number of fused-ring (bicyclic) bond motifs is 1. The number of phenolic OH excluding ortho intramolecular Hbond substituents is 1. The maximum atomic E-state index is 13.6. The molecule has 1 aromatic heterocycles. The van der Waals surface area contributed by atoms with Crippen LogP contribution in [0.15, 0.2) is 77.2 Å². The van der Waals surface area contributed by atoms with Crippen molar-refractivity contribution in [1.82, 2.24) is 9.80 Å². The average Bonchev–Trinajstić information content (AvgIpc) is 3.27. The molecule has 1 aliphatic heterocycles. The van der Waals surface area contributed by atoms with Gasteiger partial charge in [-0.15, -0.1) is 0 Å². The molecule has 3 aromatic carbocycles. The van der Waals surface area contributed by atoms with E-state index in [1.165, 1.54) is 6.07 Å². The van der Waals surface area contributed by atoms with Crippen molar-refractivity contribution in [2.75, 3.05) is 33.3 Å². The number of hydrogen-bond acceptors (Lipinski definition) is 5. The van der Waals surface area contributed by atoms with E-state index in [4.69, 9.17) is 9.15 Å². The van der Waals surface area contributed by atoms with Gasteiger partial charge in [-0.25, -0.2) is 0 Å². The molecule has 0 spiro atoms. The first-order valence-corrected chi connectivity index (χ1v) is 11.1. The molecule has 0 atom stereocenters. The van der Waals surface area contributed by atoms with E-state index in [1.54, 1.807) is 41.2 Å². The number of hydrogen-bond donors (Lipinski definition) is 1. The van der Waals surface area contributed by atoms with Crippen molar-refractivity contribution in [3.8, 4) is 22.6 Å². The molecule has 172 valence electrons. The number of rotatable bonds is 4. The molecule has 5 rings (SSSR count). The summed E-state index contributed by atoms with van der Waals surface area (Å²) in [6.07, 6.45) is 0. The number of aromatic hydroxyl groups is 1. The van der Waals surface area contributed by atoms with E-state index in [0.29, 0.717) is 37.5 Å². The molecular weight excluding hydrogens is 432 g/mol. The highest BCUT2D eigenvalue weighted by atomic mass is 16.5. The van der Waals surface area contributed by atoms with E-state index in [0.717, 1.165) is 16.5 Å². The van der Waals surface area contributed by atoms with Crippen LogP contribution in [0, 0.1) is 0 Å². The number of methoxy groups -OCH3 is 1. The topological polar surface area (TPSA) is 83.2 Å². The number of benzene rings is 3. The third-order valence-corrected chi connectivity index (χ3v) is 6.14. The van der Waals surface area contributed by atoms with Gasteiger partial charge in [-0.3, -0.25) is 9.59 Å². The Morgan fingerprint density at radius 3 is 2.18 bits per heavy atom. The number of furan rings is 1. The Morgan fingerprint density at radius 2 is 1.50 bits per heavy atom. The highest BCUT2D eigenvalue weighted by Crippen LogP contribution is 2.37. The number of phenols is 1. The molecule has 0 aliphatic carbocycles. The first-order valence-electron chi connectivity index (χ1n) is 11.1. The summed E-state index contributed by atoms with van der Waals surface area (Å²) in [5.74, 6) is 0.414. The number of carbonyl (C=O) groups is 2. The maximum absolute atomic E-state index is 13.6. The fraction of sp³-hybridized carbons (Fsp3) is 0.185. The Bertz CT molecular complexity index is 1350. The van der Waals surface area contributed by atoms with Crippen molar-refractivity contribution in [2.45, 2.75) is 0 Å². The lowest BCUT2D eigenvalue weighted by molar-refractivity contribution is 0.0518. The monoisotopic (exact) mass is 456 g/mol. The third-order valence-electron chi connectivity index (χ3n) is 6.14. The summed E-state index contributed by atoms with van der Waals surface area (Å²) in [5, 5.41) is 10.8. The highest BCUT2D eigenvalue weighted by molar-refractivity contribution is 6.08. The number of nitrogens with zero attached hydrogens (tertiary/aromatic N) is 2. The quantitative estimate of drug-likeness (QED) is 0.492. The Morgan fingerprint density at radius 1 is 0.853 bits per heavy atom. The number of piperazine rings is 1. The molecule has 34 heavy (non-hydrogen) atoms. The summed E-state index contributed by atoms with van der Waals surface area (Å²) in [6.45, 7) is 1.47. The second-order valence-electron chi connectivity index (χ2n) is 8.14. The first kappa shape index (κ1) is 21.6. The van der Waals surface area contributed by atoms with Crippen LogP contribution >= 0.6 is 0 Å². The first-order chi connectivity index (χ1) is 16.6. The second-order valence-corrected chi connectivity index (χ2v) is 8.14. The zero-order valence-electron chi connectivity index (χ0n) is 18.7. The molecule has 2 amide bonds. The van der Waals surface area contributed by atoms with Crippen molar-refractivity contribution in [2.24, 2.45) is 0 Å². The fourth-order valence-electron chi connectivity index (χ4n) is 4.33. The molecule has 0 radical (unpaired) electrons. The summed E-state index contributed by atoms with van der Waals surface area (Å²) < 4.78 is 11.4. The lowest BCUT2D eigenvalue weighted by Gasteiger charge is -2.34. The van der Waals surface area contributed by atoms with Gasteiger partial charge in [-0.05, 0) is 29.8 Å². The maximum Gasteiger partial charge on any atom is 0.290 e. The van der Waals surface area contributed by atoms with E-state index in [-0.39, 0.29) is 28.9 Å². The zero-order valence-corrected chi connectivity index (χ0v) is 18.7. The fourth-order valence-corrected chi connectivity index (χ4v) is 4.33. The number of carbonyl (C=O) groups excluding carboxylic acids is 2. The Balaban J connectivity index is 1.42. The molecule has 1 N–H and O–H groups in total. The predicted octanol–water partition coefficient (Wildman–Crippen LogP) is 4.41. The molecule has 1 saturated heterocycles. The van der Waals surface area contributed by atoms with Gasteiger partial charge in [0, 0.05) is 43.2 Å². The number of para-hydroxylation sites is 1. The van der Waals surface area contributed by atoms with E-state index in [9.17, 15) is 14.7 Å². The van der Waals surface area contributed by atoms with Crippen LogP contribution in [0.1, 0.15) is 20.9 Å². The van der Waals surface area contributed by atoms with Crippen molar-refractivity contribution < 1.29 is 23.8 Å². The van der Waals surface area contributed by atoms with Crippen LogP contribution in [-0.4, -0.2) is 60.0 Å². The number of ether oxygens (including phenoxy) is 1. The van der Waals surface area contributed by atoms with E-state index >= 15 is 0 Å². The highest BCUT2D eigenvalue weighted by Gasteiger charge is 2.30. The summed E-state index contributed by atoms with van der Waals surface area (Å²) in [4.78, 5) is 29.7. The Labute approximate surface area is 196 Å². The minimum atomic E-state index is -0.244. The van der Waals surface area contributed by atoms with Crippen molar-refractivity contribution in [3.63, 3.8) is 0 Å².